The second-order valence-electron chi connectivity index (χ2n) is 5.47. The van der Waals surface area contributed by atoms with Gasteiger partial charge >= 0.3 is 0 Å². The highest BCUT2D eigenvalue weighted by Crippen LogP contribution is 2.14. The smallest absolute Gasteiger partial charge is 0.103 e. The van der Waals surface area contributed by atoms with Crippen molar-refractivity contribution in [1.82, 2.24) is 0 Å². The van der Waals surface area contributed by atoms with Crippen LogP contribution in [0.1, 0.15) is 22.3 Å². The van der Waals surface area contributed by atoms with E-state index in [4.69, 9.17) is 0 Å². The van der Waals surface area contributed by atoms with E-state index in [0.717, 1.165) is 13.1 Å². The Balaban J connectivity index is 0.00000256. The Morgan fingerprint density at radius 2 is 1.06 bits per heavy atom. The summed E-state index contributed by atoms with van der Waals surface area (Å²) in [5.41, 5.74) is 5.83. The van der Waals surface area contributed by atoms with E-state index < -0.39 is 0 Å². The molecule has 0 aliphatic heterocycles. The summed E-state index contributed by atoms with van der Waals surface area (Å²) in [6.45, 7) is 6.68. The summed E-state index contributed by atoms with van der Waals surface area (Å²) in [5.74, 6) is 0. The number of aryl methyl sites for hydroxylation is 2. The van der Waals surface area contributed by atoms with E-state index in [1.165, 1.54) is 32.1 Å². The van der Waals surface area contributed by atoms with Crippen LogP contribution in [-0.2, 0) is 13.1 Å². The molecular formula is C14H26BrN2+. The van der Waals surface area contributed by atoms with Gasteiger partial charge in [-0.1, -0.05) is 0 Å². The lowest BCUT2D eigenvalue weighted by Gasteiger charge is -2.15. The number of rotatable bonds is 4. The van der Waals surface area contributed by atoms with Crippen LogP contribution in [0.4, 0.5) is 0 Å². The Kier molecular flexibility index (Phi) is 6.98. The lowest BCUT2D eigenvalue weighted by molar-refractivity contribution is -0.873. The highest BCUT2D eigenvalue weighted by atomic mass is 79.9. The molecular weight excluding hydrogens is 276 g/mol. The third kappa shape index (κ3) is 5.19. The first kappa shape index (κ1) is 16.6. The van der Waals surface area contributed by atoms with Crippen LogP contribution in [0, 0.1) is 13.8 Å². The van der Waals surface area contributed by atoms with Gasteiger partial charge in [0.1, 0.15) is 13.1 Å². The summed E-state index contributed by atoms with van der Waals surface area (Å²) in [4.78, 5) is 2.96. The SMILES string of the molecule is Cc1cc(C[NH+](C)C)c(C)cc1C[NH+](C)C.[Br-]. The lowest BCUT2D eigenvalue weighted by atomic mass is 9.99. The van der Waals surface area contributed by atoms with Crippen molar-refractivity contribution in [2.45, 2.75) is 26.9 Å². The third-order valence-corrected chi connectivity index (χ3v) is 2.88. The van der Waals surface area contributed by atoms with E-state index in [-0.39, 0.29) is 17.0 Å². The molecule has 3 heteroatoms. The van der Waals surface area contributed by atoms with E-state index in [2.05, 4.69) is 54.2 Å². The average Bonchev–Trinajstić information content (AvgIpc) is 2.11. The molecule has 17 heavy (non-hydrogen) atoms. The first-order chi connectivity index (χ1) is 7.40. The molecule has 0 amide bonds. The molecule has 0 atom stereocenters. The molecule has 0 aromatic heterocycles. The van der Waals surface area contributed by atoms with Crippen molar-refractivity contribution < 1.29 is 26.8 Å². The molecule has 0 spiro atoms. The Hall–Kier alpha value is -0.380. The molecule has 2 nitrogen and oxygen atoms in total. The predicted molar refractivity (Wildman–Crippen MR) is 68.9 cm³/mol. The Bertz CT molecular complexity index is 324. The maximum Gasteiger partial charge on any atom is 0.103 e. The van der Waals surface area contributed by atoms with Gasteiger partial charge in [-0.25, -0.2) is 0 Å². The molecule has 2 N–H and O–H groups in total. The summed E-state index contributed by atoms with van der Waals surface area (Å²) >= 11 is 0. The largest absolute Gasteiger partial charge is 1.00 e. The van der Waals surface area contributed by atoms with Crippen molar-refractivity contribution >= 4 is 0 Å². The van der Waals surface area contributed by atoms with Crippen LogP contribution in [0.3, 0.4) is 0 Å². The fourth-order valence-corrected chi connectivity index (χ4v) is 2.08. The van der Waals surface area contributed by atoms with E-state index in [1.807, 2.05) is 0 Å². The minimum Gasteiger partial charge on any atom is -1.00 e. The van der Waals surface area contributed by atoms with Crippen LogP contribution >= 0.6 is 0 Å². The van der Waals surface area contributed by atoms with Gasteiger partial charge in [-0.05, 0) is 37.1 Å². The monoisotopic (exact) mass is 301 g/mol. The number of halogens is 1. The number of nitrogens with one attached hydrogen (secondary N) is 2. The Morgan fingerprint density at radius 1 is 0.765 bits per heavy atom. The second kappa shape index (κ2) is 7.14. The van der Waals surface area contributed by atoms with Crippen LogP contribution in [0.5, 0.6) is 0 Å². The average molecular weight is 302 g/mol. The highest BCUT2D eigenvalue weighted by Gasteiger charge is 2.08. The summed E-state index contributed by atoms with van der Waals surface area (Å²) in [7, 11) is 8.80. The zero-order chi connectivity index (χ0) is 12.3. The molecule has 0 heterocycles. The van der Waals surface area contributed by atoms with E-state index in [1.54, 1.807) is 0 Å². The summed E-state index contributed by atoms with van der Waals surface area (Å²) in [6.07, 6.45) is 0. The van der Waals surface area contributed by atoms with Crippen molar-refractivity contribution in [2.24, 2.45) is 0 Å². The summed E-state index contributed by atoms with van der Waals surface area (Å²) < 4.78 is 0. The normalized spacial score (nSPS) is 10.8. The van der Waals surface area contributed by atoms with Crippen molar-refractivity contribution in [3.8, 4) is 0 Å². The maximum atomic E-state index is 2.36. The molecule has 0 saturated carbocycles. The molecule has 0 aliphatic rings. The van der Waals surface area contributed by atoms with Gasteiger partial charge in [-0.3, -0.25) is 0 Å². The van der Waals surface area contributed by atoms with Gasteiger partial charge in [0.25, 0.3) is 0 Å². The van der Waals surface area contributed by atoms with Gasteiger partial charge in [0.2, 0.25) is 0 Å². The minimum atomic E-state index is 0. The number of benzene rings is 1. The number of hydrogen-bond acceptors (Lipinski definition) is 0. The molecule has 0 aliphatic carbocycles. The van der Waals surface area contributed by atoms with Gasteiger partial charge in [0, 0.05) is 11.1 Å². The van der Waals surface area contributed by atoms with Crippen LogP contribution in [0.25, 0.3) is 0 Å². The first-order valence-electron chi connectivity index (χ1n) is 6.07. The molecule has 1 aromatic carbocycles. The molecule has 0 radical (unpaired) electrons. The Labute approximate surface area is 116 Å². The molecule has 1 aromatic rings. The van der Waals surface area contributed by atoms with E-state index in [0.29, 0.717) is 0 Å². The van der Waals surface area contributed by atoms with Crippen LogP contribution in [-0.4, -0.2) is 28.2 Å². The van der Waals surface area contributed by atoms with Crippen molar-refractivity contribution in [3.63, 3.8) is 0 Å². The van der Waals surface area contributed by atoms with Gasteiger partial charge < -0.3 is 26.8 Å². The van der Waals surface area contributed by atoms with Crippen molar-refractivity contribution in [3.05, 3.63) is 34.4 Å². The first-order valence-corrected chi connectivity index (χ1v) is 6.07. The number of quaternary nitrogens is 2. The van der Waals surface area contributed by atoms with Crippen molar-refractivity contribution in [2.75, 3.05) is 28.2 Å². The quantitative estimate of drug-likeness (QED) is 0.574. The van der Waals surface area contributed by atoms with Crippen molar-refractivity contribution in [1.29, 1.82) is 0 Å². The fraction of sp³-hybridized carbons (Fsp3) is 0.571. The van der Waals surface area contributed by atoms with Crippen LogP contribution in [0.2, 0.25) is 0 Å². The van der Waals surface area contributed by atoms with Crippen LogP contribution in [0.15, 0.2) is 12.1 Å². The zero-order valence-electron chi connectivity index (χ0n) is 11.9. The number of hydrogen-bond donors (Lipinski definition) is 2. The second-order valence-corrected chi connectivity index (χ2v) is 5.47. The summed E-state index contributed by atoms with van der Waals surface area (Å²) in [5, 5.41) is 0. The third-order valence-electron chi connectivity index (χ3n) is 2.88. The molecule has 98 valence electrons. The molecule has 1 rings (SSSR count). The van der Waals surface area contributed by atoms with Crippen LogP contribution < -0.4 is 26.8 Å². The topological polar surface area (TPSA) is 8.88 Å². The molecule has 0 fully saturated rings. The fourth-order valence-electron chi connectivity index (χ4n) is 2.08. The Morgan fingerprint density at radius 3 is 1.29 bits per heavy atom. The van der Waals surface area contributed by atoms with E-state index in [9.17, 15) is 0 Å². The van der Waals surface area contributed by atoms with Gasteiger partial charge in [-0.2, -0.15) is 0 Å². The predicted octanol–water partition coefficient (Wildman–Crippen LogP) is -3.40. The van der Waals surface area contributed by atoms with E-state index >= 15 is 0 Å². The molecule has 0 saturated heterocycles. The highest BCUT2D eigenvalue weighted by molar-refractivity contribution is 5.36. The molecule has 0 unspecified atom stereocenters. The maximum absolute atomic E-state index is 2.36. The standard InChI is InChI=1S/C14H24N2.BrH/c1-11-7-14(10-16(5)6)12(2)8-13(11)9-15(3)4;/h7-8H,9-10H2,1-6H3;1H/p+1. The van der Waals surface area contributed by atoms with Gasteiger partial charge in [-0.15, -0.1) is 0 Å². The zero-order valence-corrected chi connectivity index (χ0v) is 13.5. The van der Waals surface area contributed by atoms with Gasteiger partial charge in [0.05, 0.1) is 28.2 Å². The molecule has 0 bridgehead atoms. The summed E-state index contributed by atoms with van der Waals surface area (Å²) in [6, 6.07) is 4.72. The lowest BCUT2D eigenvalue weighted by Crippen LogP contribution is -3.04. The minimum absolute atomic E-state index is 0. The van der Waals surface area contributed by atoms with Gasteiger partial charge in [0.15, 0.2) is 0 Å².